The topological polar surface area (TPSA) is 81.0 Å². The zero-order valence-corrected chi connectivity index (χ0v) is 17.8. The van der Waals surface area contributed by atoms with E-state index >= 15 is 0 Å². The molecule has 0 atom stereocenters. The molecule has 1 aliphatic rings. The van der Waals surface area contributed by atoms with Gasteiger partial charge in [0.15, 0.2) is 5.82 Å². The Morgan fingerprint density at radius 3 is 2.71 bits per heavy atom. The van der Waals surface area contributed by atoms with Gasteiger partial charge in [0.25, 0.3) is 0 Å². The molecule has 0 unspecified atom stereocenters. The first-order valence-corrected chi connectivity index (χ1v) is 11.3. The normalized spacial score (nSPS) is 13.4. The molecule has 7 nitrogen and oxygen atoms in total. The number of nitrogens with zero attached hydrogens (tertiary/aromatic N) is 3. The largest absolute Gasteiger partial charge is 0.346 e. The smallest absolute Gasteiger partial charge is 0.336 e. The molecular weight excluding hydrogens is 410 g/mol. The summed E-state index contributed by atoms with van der Waals surface area (Å²) in [4.78, 5) is 26.1. The van der Waals surface area contributed by atoms with E-state index in [4.69, 9.17) is 0 Å². The van der Waals surface area contributed by atoms with Gasteiger partial charge in [-0.1, -0.05) is 48.5 Å². The van der Waals surface area contributed by atoms with Gasteiger partial charge in [-0.2, -0.15) is 0 Å². The molecule has 0 bridgehead atoms. The molecule has 0 spiro atoms. The molecule has 0 saturated heterocycles. The van der Waals surface area contributed by atoms with Crippen LogP contribution in [0.5, 0.6) is 0 Å². The number of carbonyl (C=O) groups is 1. The van der Waals surface area contributed by atoms with Gasteiger partial charge in [-0.25, -0.2) is 14.3 Å². The monoisotopic (exact) mass is 433 g/mol. The lowest BCUT2D eigenvalue weighted by molar-refractivity contribution is 0.240. The Balaban J connectivity index is 1.20. The van der Waals surface area contributed by atoms with E-state index in [0.29, 0.717) is 19.6 Å². The molecule has 1 fully saturated rings. The zero-order valence-electron chi connectivity index (χ0n) is 17.0. The predicted molar refractivity (Wildman–Crippen MR) is 122 cm³/mol. The van der Waals surface area contributed by atoms with Gasteiger partial charge in [-0.05, 0) is 40.6 Å². The van der Waals surface area contributed by atoms with Crippen molar-refractivity contribution in [3.8, 4) is 10.7 Å². The van der Waals surface area contributed by atoms with Crippen molar-refractivity contribution >= 4 is 28.1 Å². The van der Waals surface area contributed by atoms with E-state index in [1.807, 2.05) is 41.8 Å². The van der Waals surface area contributed by atoms with E-state index in [1.165, 1.54) is 4.68 Å². The van der Waals surface area contributed by atoms with Crippen LogP contribution in [0.25, 0.3) is 21.5 Å². The highest BCUT2D eigenvalue weighted by molar-refractivity contribution is 7.13. The number of fused-ring (bicyclic) bond motifs is 1. The quantitative estimate of drug-likeness (QED) is 0.466. The number of carbonyl (C=O) groups excluding carboxylic acids is 1. The lowest BCUT2D eigenvalue weighted by Crippen LogP contribution is -2.38. The number of nitrogens with one attached hydrogen (secondary N) is 2. The van der Waals surface area contributed by atoms with Gasteiger partial charge in [0.05, 0.1) is 11.4 Å². The van der Waals surface area contributed by atoms with Crippen molar-refractivity contribution in [1.29, 1.82) is 0 Å². The maximum absolute atomic E-state index is 12.8. The number of amides is 2. The van der Waals surface area contributed by atoms with Gasteiger partial charge >= 0.3 is 11.7 Å². The van der Waals surface area contributed by atoms with Crippen molar-refractivity contribution in [1.82, 2.24) is 25.0 Å². The van der Waals surface area contributed by atoms with Gasteiger partial charge in [0.2, 0.25) is 0 Å². The van der Waals surface area contributed by atoms with Crippen LogP contribution in [0.15, 0.2) is 64.8 Å². The molecule has 2 amide bonds. The third-order valence-corrected chi connectivity index (χ3v) is 6.32. The van der Waals surface area contributed by atoms with Crippen LogP contribution in [0.2, 0.25) is 0 Å². The van der Waals surface area contributed by atoms with E-state index in [2.05, 4.69) is 33.9 Å². The molecule has 1 aliphatic carbocycles. The number of aromatic nitrogens is 3. The van der Waals surface area contributed by atoms with Crippen molar-refractivity contribution in [2.24, 2.45) is 0 Å². The van der Waals surface area contributed by atoms with Crippen LogP contribution in [-0.4, -0.2) is 26.9 Å². The maximum Gasteiger partial charge on any atom is 0.346 e. The molecular formula is C23H23N5O2S. The molecule has 4 aromatic rings. The number of urea groups is 1. The van der Waals surface area contributed by atoms with Crippen LogP contribution >= 0.6 is 11.3 Å². The predicted octanol–water partition coefficient (Wildman–Crippen LogP) is 3.76. The molecule has 158 valence electrons. The average molecular weight is 434 g/mol. The fourth-order valence-corrected chi connectivity index (χ4v) is 4.47. The number of rotatable bonds is 7. The fourth-order valence-electron chi connectivity index (χ4n) is 3.76. The van der Waals surface area contributed by atoms with Gasteiger partial charge in [0, 0.05) is 19.1 Å². The Labute approximate surface area is 183 Å². The summed E-state index contributed by atoms with van der Waals surface area (Å²) in [6.45, 7) is 1.09. The lowest BCUT2D eigenvalue weighted by Gasteiger charge is -2.09. The first-order valence-electron chi connectivity index (χ1n) is 10.4. The summed E-state index contributed by atoms with van der Waals surface area (Å²) in [5.41, 5.74) is 0.956. The Morgan fingerprint density at radius 1 is 1.06 bits per heavy atom. The third-order valence-electron chi connectivity index (χ3n) is 5.45. The summed E-state index contributed by atoms with van der Waals surface area (Å²) in [7, 11) is 0. The first kappa shape index (κ1) is 19.6. The lowest BCUT2D eigenvalue weighted by atomic mass is 10.0. The number of benzene rings is 2. The number of hydrogen-bond donors (Lipinski definition) is 2. The Hall–Kier alpha value is -3.39. The van der Waals surface area contributed by atoms with Gasteiger partial charge in [-0.3, -0.25) is 4.57 Å². The summed E-state index contributed by atoms with van der Waals surface area (Å²) in [5, 5.41) is 14.5. The minimum Gasteiger partial charge on any atom is -0.336 e. The second-order valence-electron chi connectivity index (χ2n) is 7.66. The van der Waals surface area contributed by atoms with Crippen molar-refractivity contribution in [2.45, 2.75) is 32.0 Å². The maximum atomic E-state index is 12.8. The van der Waals surface area contributed by atoms with Crippen molar-refractivity contribution < 1.29 is 4.79 Å². The summed E-state index contributed by atoms with van der Waals surface area (Å²) in [6, 6.07) is 18.1. The van der Waals surface area contributed by atoms with E-state index in [-0.39, 0.29) is 17.8 Å². The SMILES string of the molecule is O=C(NCCn1nc(-c2cccs2)n(C2CC2)c1=O)NCc1cccc2ccccc12. The van der Waals surface area contributed by atoms with Crippen molar-refractivity contribution in [2.75, 3.05) is 6.54 Å². The Bertz CT molecular complexity index is 1270. The molecule has 5 rings (SSSR count). The Kier molecular flexibility index (Phi) is 5.30. The molecule has 0 radical (unpaired) electrons. The minimum absolute atomic E-state index is 0.108. The highest BCUT2D eigenvalue weighted by Crippen LogP contribution is 2.37. The standard InChI is InChI=1S/C23H23N5O2S/c29-22(25-15-17-7-3-6-16-5-1-2-8-19(16)17)24-12-13-27-23(30)28(18-10-11-18)21(26-27)20-9-4-14-31-20/h1-9,14,18H,10-13,15H2,(H2,24,25,29). The molecule has 31 heavy (non-hydrogen) atoms. The third kappa shape index (κ3) is 4.11. The van der Waals surface area contributed by atoms with E-state index in [1.54, 1.807) is 15.9 Å². The van der Waals surface area contributed by atoms with Crippen LogP contribution in [0.3, 0.4) is 0 Å². The number of hydrogen-bond acceptors (Lipinski definition) is 4. The minimum atomic E-state index is -0.263. The van der Waals surface area contributed by atoms with Crippen LogP contribution in [0, 0.1) is 0 Å². The molecule has 2 N–H and O–H groups in total. The average Bonchev–Trinajstić information content (AvgIpc) is 3.36. The molecule has 1 saturated carbocycles. The van der Waals surface area contributed by atoms with Gasteiger partial charge in [-0.15, -0.1) is 16.4 Å². The molecule has 2 heterocycles. The summed E-state index contributed by atoms with van der Waals surface area (Å²) in [5.74, 6) is 0.725. The molecule has 8 heteroatoms. The summed E-state index contributed by atoms with van der Waals surface area (Å²) >= 11 is 1.58. The first-order chi connectivity index (χ1) is 15.2. The molecule has 2 aromatic carbocycles. The van der Waals surface area contributed by atoms with E-state index in [9.17, 15) is 9.59 Å². The van der Waals surface area contributed by atoms with E-state index < -0.39 is 0 Å². The van der Waals surface area contributed by atoms with E-state index in [0.717, 1.165) is 39.9 Å². The Morgan fingerprint density at radius 2 is 1.90 bits per heavy atom. The van der Waals surface area contributed by atoms with Crippen molar-refractivity contribution in [3.63, 3.8) is 0 Å². The van der Waals surface area contributed by atoms with Crippen LogP contribution < -0.4 is 16.3 Å². The number of thiophene rings is 1. The van der Waals surface area contributed by atoms with Crippen LogP contribution in [0.4, 0.5) is 4.79 Å². The fraction of sp³-hybridized carbons (Fsp3) is 0.261. The highest BCUT2D eigenvalue weighted by Gasteiger charge is 2.30. The second kappa shape index (κ2) is 8.39. The summed E-state index contributed by atoms with van der Waals surface area (Å²) < 4.78 is 3.25. The highest BCUT2D eigenvalue weighted by atomic mass is 32.1. The second-order valence-corrected chi connectivity index (χ2v) is 8.60. The summed E-state index contributed by atoms with van der Waals surface area (Å²) in [6.07, 6.45) is 2.03. The van der Waals surface area contributed by atoms with Gasteiger partial charge < -0.3 is 10.6 Å². The van der Waals surface area contributed by atoms with Crippen molar-refractivity contribution in [3.05, 3.63) is 76.0 Å². The molecule has 2 aromatic heterocycles. The van der Waals surface area contributed by atoms with Gasteiger partial charge in [0.1, 0.15) is 0 Å². The van der Waals surface area contributed by atoms with Crippen LogP contribution in [-0.2, 0) is 13.1 Å². The zero-order chi connectivity index (χ0) is 21.2. The van der Waals surface area contributed by atoms with Crippen LogP contribution in [0.1, 0.15) is 24.4 Å². The molecule has 0 aliphatic heterocycles.